The van der Waals surface area contributed by atoms with Gasteiger partial charge >= 0.3 is 5.97 Å². The molecule has 0 unspecified atom stereocenters. The quantitative estimate of drug-likeness (QED) is 0.585. The van der Waals surface area contributed by atoms with Crippen molar-refractivity contribution in [1.82, 2.24) is 9.78 Å². The van der Waals surface area contributed by atoms with Gasteiger partial charge in [0, 0.05) is 12.6 Å². The minimum atomic E-state index is -0.396. The fraction of sp³-hybridized carbons (Fsp3) is 0.300. The van der Waals surface area contributed by atoms with E-state index in [2.05, 4.69) is 21.7 Å². The van der Waals surface area contributed by atoms with Crippen molar-refractivity contribution in [2.45, 2.75) is 13.0 Å². The van der Waals surface area contributed by atoms with Crippen molar-refractivity contribution in [2.24, 2.45) is 0 Å². The molecule has 0 spiro atoms. The second-order valence-electron chi connectivity index (χ2n) is 3.04. The van der Waals surface area contributed by atoms with E-state index in [1.165, 1.54) is 24.1 Å². The lowest BCUT2D eigenvalue weighted by atomic mass is 10.4. The van der Waals surface area contributed by atoms with Gasteiger partial charge in [-0.05, 0) is 0 Å². The molecular formula is C10H13N3O3. The van der Waals surface area contributed by atoms with E-state index in [-0.39, 0.29) is 18.9 Å². The molecule has 0 aromatic carbocycles. The third-order valence-electron chi connectivity index (χ3n) is 1.77. The SMILES string of the molecule is C=CCC(=O)Nc1cnn(CC(=O)OC)c1. The van der Waals surface area contributed by atoms with Gasteiger partial charge in [-0.3, -0.25) is 14.3 Å². The lowest BCUT2D eigenvalue weighted by molar-refractivity contribution is -0.141. The van der Waals surface area contributed by atoms with Crippen molar-refractivity contribution in [2.75, 3.05) is 12.4 Å². The van der Waals surface area contributed by atoms with Gasteiger partial charge in [0.05, 0.1) is 19.0 Å². The molecule has 1 heterocycles. The summed E-state index contributed by atoms with van der Waals surface area (Å²) in [6.45, 7) is 3.48. The molecule has 0 radical (unpaired) electrons. The zero-order valence-electron chi connectivity index (χ0n) is 8.97. The van der Waals surface area contributed by atoms with Gasteiger partial charge in [-0.15, -0.1) is 6.58 Å². The Morgan fingerprint density at radius 3 is 3.06 bits per heavy atom. The summed E-state index contributed by atoms with van der Waals surface area (Å²) < 4.78 is 5.87. The average molecular weight is 223 g/mol. The second-order valence-corrected chi connectivity index (χ2v) is 3.04. The average Bonchev–Trinajstić information content (AvgIpc) is 2.65. The number of hydrogen-bond donors (Lipinski definition) is 1. The molecule has 0 bridgehead atoms. The van der Waals surface area contributed by atoms with Gasteiger partial charge in [0.25, 0.3) is 0 Å². The molecular weight excluding hydrogens is 210 g/mol. The molecule has 0 atom stereocenters. The topological polar surface area (TPSA) is 73.2 Å². The summed E-state index contributed by atoms with van der Waals surface area (Å²) in [6, 6.07) is 0. The van der Waals surface area contributed by atoms with E-state index in [0.717, 1.165) is 0 Å². The number of methoxy groups -OCH3 is 1. The highest BCUT2D eigenvalue weighted by Crippen LogP contribution is 2.05. The van der Waals surface area contributed by atoms with E-state index in [1.807, 2.05) is 0 Å². The van der Waals surface area contributed by atoms with Gasteiger partial charge in [0.15, 0.2) is 0 Å². The maximum Gasteiger partial charge on any atom is 0.327 e. The first kappa shape index (κ1) is 12.0. The van der Waals surface area contributed by atoms with Crippen LogP contribution in [0.1, 0.15) is 6.42 Å². The molecule has 1 aromatic rings. The van der Waals surface area contributed by atoms with Crippen LogP contribution in [0.4, 0.5) is 5.69 Å². The molecule has 6 nitrogen and oxygen atoms in total. The Morgan fingerprint density at radius 1 is 1.69 bits per heavy atom. The Morgan fingerprint density at radius 2 is 2.44 bits per heavy atom. The smallest absolute Gasteiger partial charge is 0.327 e. The number of anilines is 1. The van der Waals surface area contributed by atoms with Crippen LogP contribution < -0.4 is 5.32 Å². The molecule has 0 saturated heterocycles. The Kier molecular flexibility index (Phi) is 4.26. The Labute approximate surface area is 92.9 Å². The summed E-state index contributed by atoms with van der Waals surface area (Å²) in [7, 11) is 1.30. The van der Waals surface area contributed by atoms with E-state index in [0.29, 0.717) is 5.69 Å². The van der Waals surface area contributed by atoms with Crippen molar-refractivity contribution >= 4 is 17.6 Å². The highest BCUT2D eigenvalue weighted by molar-refractivity contribution is 5.91. The van der Waals surface area contributed by atoms with Gasteiger partial charge in [0.2, 0.25) is 5.91 Å². The number of ether oxygens (including phenoxy) is 1. The third-order valence-corrected chi connectivity index (χ3v) is 1.77. The van der Waals surface area contributed by atoms with Gasteiger partial charge < -0.3 is 10.1 Å². The first-order valence-electron chi connectivity index (χ1n) is 4.65. The Hall–Kier alpha value is -2.11. The van der Waals surface area contributed by atoms with Gasteiger partial charge in [-0.2, -0.15) is 5.10 Å². The van der Waals surface area contributed by atoms with E-state index in [4.69, 9.17) is 0 Å². The first-order chi connectivity index (χ1) is 7.65. The van der Waals surface area contributed by atoms with Gasteiger partial charge in [0.1, 0.15) is 6.54 Å². The number of esters is 1. The molecule has 0 aliphatic carbocycles. The van der Waals surface area contributed by atoms with Crippen molar-refractivity contribution in [3.05, 3.63) is 25.0 Å². The molecule has 1 N–H and O–H groups in total. The molecule has 0 aliphatic heterocycles. The molecule has 86 valence electrons. The van der Waals surface area contributed by atoms with Crippen LogP contribution in [0.15, 0.2) is 25.0 Å². The van der Waals surface area contributed by atoms with Crippen molar-refractivity contribution in [3.8, 4) is 0 Å². The van der Waals surface area contributed by atoms with Crippen molar-refractivity contribution in [3.63, 3.8) is 0 Å². The fourth-order valence-electron chi connectivity index (χ4n) is 1.05. The Balaban J connectivity index is 2.54. The predicted molar refractivity (Wildman–Crippen MR) is 57.7 cm³/mol. The monoisotopic (exact) mass is 223 g/mol. The van der Waals surface area contributed by atoms with Crippen LogP contribution in [0.2, 0.25) is 0 Å². The second kappa shape index (κ2) is 5.69. The van der Waals surface area contributed by atoms with Crippen LogP contribution in [0.25, 0.3) is 0 Å². The maximum atomic E-state index is 11.2. The van der Waals surface area contributed by atoms with E-state index in [9.17, 15) is 9.59 Å². The van der Waals surface area contributed by atoms with Gasteiger partial charge in [-0.25, -0.2) is 0 Å². The zero-order chi connectivity index (χ0) is 12.0. The first-order valence-corrected chi connectivity index (χ1v) is 4.65. The van der Waals surface area contributed by atoms with Crippen LogP contribution in [0.3, 0.4) is 0 Å². The van der Waals surface area contributed by atoms with E-state index < -0.39 is 5.97 Å². The van der Waals surface area contributed by atoms with Crippen LogP contribution >= 0.6 is 0 Å². The minimum absolute atomic E-state index is 0.0217. The molecule has 0 aliphatic rings. The maximum absolute atomic E-state index is 11.2. The van der Waals surface area contributed by atoms with E-state index in [1.54, 1.807) is 6.20 Å². The van der Waals surface area contributed by atoms with Crippen LogP contribution in [0.5, 0.6) is 0 Å². The number of carbonyl (C=O) groups is 2. The molecule has 16 heavy (non-hydrogen) atoms. The Bertz CT molecular complexity index is 398. The fourth-order valence-corrected chi connectivity index (χ4v) is 1.05. The largest absolute Gasteiger partial charge is 0.468 e. The summed E-state index contributed by atoms with van der Waals surface area (Å²) in [5.41, 5.74) is 0.538. The molecule has 6 heteroatoms. The molecule has 0 fully saturated rings. The molecule has 1 amide bonds. The third kappa shape index (κ3) is 3.56. The molecule has 1 aromatic heterocycles. The minimum Gasteiger partial charge on any atom is -0.468 e. The number of amides is 1. The highest BCUT2D eigenvalue weighted by atomic mass is 16.5. The normalized spacial score (nSPS) is 9.56. The number of rotatable bonds is 5. The summed E-state index contributed by atoms with van der Waals surface area (Å²) in [5, 5.41) is 6.50. The van der Waals surface area contributed by atoms with Crippen molar-refractivity contribution in [1.29, 1.82) is 0 Å². The van der Waals surface area contributed by atoms with Crippen LogP contribution in [-0.4, -0.2) is 28.8 Å². The van der Waals surface area contributed by atoms with Crippen LogP contribution in [-0.2, 0) is 20.9 Å². The lowest BCUT2D eigenvalue weighted by Crippen LogP contribution is -2.12. The predicted octanol–water partition coefficient (Wildman–Crippen LogP) is 0.571. The van der Waals surface area contributed by atoms with E-state index >= 15 is 0 Å². The highest BCUT2D eigenvalue weighted by Gasteiger charge is 2.05. The number of hydrogen-bond acceptors (Lipinski definition) is 4. The standard InChI is InChI=1S/C10H13N3O3/c1-3-4-9(14)12-8-5-11-13(6-8)7-10(15)16-2/h3,5-6H,1,4,7H2,2H3,(H,12,14). The number of aromatic nitrogens is 2. The summed E-state index contributed by atoms with van der Waals surface area (Å²) >= 11 is 0. The zero-order valence-corrected chi connectivity index (χ0v) is 8.97. The van der Waals surface area contributed by atoms with Crippen LogP contribution in [0, 0.1) is 0 Å². The van der Waals surface area contributed by atoms with Crippen molar-refractivity contribution < 1.29 is 14.3 Å². The lowest BCUT2D eigenvalue weighted by Gasteiger charge is -1.99. The number of carbonyl (C=O) groups excluding carboxylic acids is 2. The van der Waals surface area contributed by atoms with Gasteiger partial charge in [-0.1, -0.05) is 6.08 Å². The molecule has 0 saturated carbocycles. The number of nitrogens with one attached hydrogen (secondary N) is 1. The summed E-state index contributed by atoms with van der Waals surface area (Å²) in [5.74, 6) is -0.570. The number of nitrogens with zero attached hydrogens (tertiary/aromatic N) is 2. The summed E-state index contributed by atoms with van der Waals surface area (Å²) in [4.78, 5) is 22.1. The summed E-state index contributed by atoms with van der Waals surface area (Å²) in [6.07, 6.45) is 4.76. The molecule has 1 rings (SSSR count).